The molecule has 0 heterocycles. The molecular weight excluding hydrogens is 385 g/mol. The van der Waals surface area contributed by atoms with Gasteiger partial charge in [0.1, 0.15) is 5.69 Å². The maximum absolute atomic E-state index is 12.1. The summed E-state index contributed by atoms with van der Waals surface area (Å²) in [4.78, 5) is 22.6. The summed E-state index contributed by atoms with van der Waals surface area (Å²) in [7, 11) is 1.59. The lowest BCUT2D eigenvalue weighted by Gasteiger charge is -2.07. The summed E-state index contributed by atoms with van der Waals surface area (Å²) in [5, 5.41) is 16.4. The smallest absolute Gasteiger partial charge is 0.293 e. The molecule has 21 heavy (non-hydrogen) atoms. The maximum Gasteiger partial charge on any atom is 0.293 e. The summed E-state index contributed by atoms with van der Waals surface area (Å²) in [5.41, 5.74) is 1.11. The molecule has 2 aromatic rings. The van der Waals surface area contributed by atoms with Crippen molar-refractivity contribution in [1.29, 1.82) is 0 Å². The molecule has 2 aromatic carbocycles. The molecule has 0 saturated heterocycles. The highest BCUT2D eigenvalue weighted by molar-refractivity contribution is 14.1. The van der Waals surface area contributed by atoms with Crippen LogP contribution in [0.25, 0.3) is 0 Å². The normalized spacial score (nSPS) is 10.0. The highest BCUT2D eigenvalue weighted by Crippen LogP contribution is 2.25. The number of rotatable bonds is 4. The zero-order valence-corrected chi connectivity index (χ0v) is 13.2. The van der Waals surface area contributed by atoms with Gasteiger partial charge in [0, 0.05) is 27.9 Å². The van der Waals surface area contributed by atoms with Crippen molar-refractivity contribution >= 4 is 45.6 Å². The van der Waals surface area contributed by atoms with Crippen LogP contribution in [-0.2, 0) is 0 Å². The number of nitrogens with one attached hydrogen (secondary N) is 2. The van der Waals surface area contributed by atoms with Crippen LogP contribution in [-0.4, -0.2) is 17.9 Å². The van der Waals surface area contributed by atoms with E-state index in [0.717, 1.165) is 3.57 Å². The lowest BCUT2D eigenvalue weighted by molar-refractivity contribution is -0.384. The van der Waals surface area contributed by atoms with Gasteiger partial charge >= 0.3 is 0 Å². The van der Waals surface area contributed by atoms with Crippen LogP contribution in [0.1, 0.15) is 10.4 Å². The summed E-state index contributed by atoms with van der Waals surface area (Å²) >= 11 is 2.17. The van der Waals surface area contributed by atoms with E-state index in [1.165, 1.54) is 12.1 Å². The van der Waals surface area contributed by atoms with E-state index in [1.54, 1.807) is 25.2 Å². The summed E-state index contributed by atoms with van der Waals surface area (Å²) in [5.74, 6) is -0.387. The van der Waals surface area contributed by atoms with Crippen LogP contribution in [0.2, 0.25) is 0 Å². The first-order chi connectivity index (χ1) is 10.0. The van der Waals surface area contributed by atoms with Crippen molar-refractivity contribution in [1.82, 2.24) is 0 Å². The Morgan fingerprint density at radius 3 is 2.43 bits per heavy atom. The third kappa shape index (κ3) is 3.69. The molecule has 6 nitrogen and oxygen atoms in total. The van der Waals surface area contributed by atoms with E-state index >= 15 is 0 Å². The molecule has 0 radical (unpaired) electrons. The van der Waals surface area contributed by atoms with Gasteiger partial charge in [0.2, 0.25) is 0 Å². The number of benzene rings is 2. The average molecular weight is 397 g/mol. The zero-order chi connectivity index (χ0) is 15.4. The first-order valence-electron chi connectivity index (χ1n) is 6.04. The molecule has 0 aromatic heterocycles. The number of anilines is 2. The van der Waals surface area contributed by atoms with Crippen molar-refractivity contribution < 1.29 is 9.72 Å². The minimum atomic E-state index is -0.520. The number of halogens is 1. The van der Waals surface area contributed by atoms with E-state index in [1.807, 2.05) is 12.1 Å². The predicted octanol–water partition coefficient (Wildman–Crippen LogP) is 3.49. The van der Waals surface area contributed by atoms with Crippen LogP contribution in [0.4, 0.5) is 17.1 Å². The van der Waals surface area contributed by atoms with E-state index in [9.17, 15) is 14.9 Å². The number of amides is 1. The molecule has 7 heteroatoms. The van der Waals surface area contributed by atoms with Crippen molar-refractivity contribution in [3.63, 3.8) is 0 Å². The van der Waals surface area contributed by atoms with Gasteiger partial charge in [-0.05, 0) is 59.0 Å². The number of nitro benzene ring substituents is 1. The SMILES string of the molecule is CNc1ccc(C(=O)Nc2ccc(I)cc2)cc1[N+](=O)[O-]. The van der Waals surface area contributed by atoms with Crippen LogP contribution in [0.5, 0.6) is 0 Å². The van der Waals surface area contributed by atoms with Crippen molar-refractivity contribution in [2.45, 2.75) is 0 Å². The quantitative estimate of drug-likeness (QED) is 0.470. The molecule has 0 aliphatic carbocycles. The van der Waals surface area contributed by atoms with Crippen molar-refractivity contribution in [2.24, 2.45) is 0 Å². The fourth-order valence-corrected chi connectivity index (χ4v) is 2.13. The molecule has 2 rings (SSSR count). The Labute approximate surface area is 134 Å². The average Bonchev–Trinajstić information content (AvgIpc) is 2.48. The monoisotopic (exact) mass is 397 g/mol. The van der Waals surface area contributed by atoms with Crippen molar-refractivity contribution in [3.05, 3.63) is 61.7 Å². The molecule has 0 bridgehead atoms. The Bertz CT molecular complexity index is 686. The van der Waals surface area contributed by atoms with Gasteiger partial charge < -0.3 is 10.6 Å². The minimum absolute atomic E-state index is 0.132. The fourth-order valence-electron chi connectivity index (χ4n) is 1.77. The molecule has 0 saturated carbocycles. The number of carbonyl (C=O) groups is 1. The fraction of sp³-hybridized carbons (Fsp3) is 0.0714. The van der Waals surface area contributed by atoms with E-state index in [2.05, 4.69) is 33.2 Å². The minimum Gasteiger partial charge on any atom is -0.383 e. The third-order valence-corrected chi connectivity index (χ3v) is 3.55. The Balaban J connectivity index is 2.25. The highest BCUT2D eigenvalue weighted by Gasteiger charge is 2.16. The molecular formula is C14H12IN3O3. The Hall–Kier alpha value is -2.16. The molecule has 0 unspecified atom stereocenters. The molecule has 0 fully saturated rings. The van der Waals surface area contributed by atoms with Crippen LogP contribution < -0.4 is 10.6 Å². The van der Waals surface area contributed by atoms with E-state index in [4.69, 9.17) is 0 Å². The zero-order valence-electron chi connectivity index (χ0n) is 11.1. The second kappa shape index (κ2) is 6.53. The second-order valence-corrected chi connectivity index (χ2v) is 5.45. The lowest BCUT2D eigenvalue weighted by Crippen LogP contribution is -2.12. The van der Waals surface area contributed by atoms with Gasteiger partial charge in [-0.2, -0.15) is 0 Å². The van der Waals surface area contributed by atoms with Gasteiger partial charge in [-0.25, -0.2) is 0 Å². The van der Waals surface area contributed by atoms with Gasteiger partial charge in [-0.3, -0.25) is 14.9 Å². The van der Waals surface area contributed by atoms with E-state index in [0.29, 0.717) is 11.4 Å². The molecule has 0 spiro atoms. The Morgan fingerprint density at radius 2 is 1.86 bits per heavy atom. The third-order valence-electron chi connectivity index (χ3n) is 2.83. The molecule has 1 amide bonds. The molecule has 108 valence electrons. The van der Waals surface area contributed by atoms with Gasteiger partial charge in [-0.1, -0.05) is 0 Å². The summed E-state index contributed by atoms with van der Waals surface area (Å²) in [6.45, 7) is 0. The lowest BCUT2D eigenvalue weighted by atomic mass is 10.1. The summed E-state index contributed by atoms with van der Waals surface area (Å²) < 4.78 is 1.06. The number of nitrogens with zero attached hydrogens (tertiary/aromatic N) is 1. The summed E-state index contributed by atoms with van der Waals surface area (Å²) in [6.07, 6.45) is 0. The van der Waals surface area contributed by atoms with Gasteiger partial charge in [0.25, 0.3) is 11.6 Å². The van der Waals surface area contributed by atoms with Crippen LogP contribution >= 0.6 is 22.6 Å². The number of hydrogen-bond acceptors (Lipinski definition) is 4. The van der Waals surface area contributed by atoms with Crippen molar-refractivity contribution in [2.75, 3.05) is 17.7 Å². The van der Waals surface area contributed by atoms with Crippen LogP contribution in [0, 0.1) is 13.7 Å². The highest BCUT2D eigenvalue weighted by atomic mass is 127. The molecule has 2 N–H and O–H groups in total. The number of nitro groups is 1. The van der Waals surface area contributed by atoms with Crippen LogP contribution in [0.15, 0.2) is 42.5 Å². The van der Waals surface area contributed by atoms with Crippen LogP contribution in [0.3, 0.4) is 0 Å². The van der Waals surface area contributed by atoms with Gasteiger partial charge in [0.15, 0.2) is 0 Å². The second-order valence-electron chi connectivity index (χ2n) is 4.20. The van der Waals surface area contributed by atoms with Gasteiger partial charge in [0.05, 0.1) is 4.92 Å². The maximum atomic E-state index is 12.1. The first kappa shape index (κ1) is 15.2. The van der Waals surface area contributed by atoms with Gasteiger partial charge in [-0.15, -0.1) is 0 Å². The first-order valence-corrected chi connectivity index (χ1v) is 7.12. The summed E-state index contributed by atoms with van der Waals surface area (Å²) in [6, 6.07) is 11.6. The standard InChI is InChI=1S/C14H12IN3O3/c1-16-12-7-2-9(8-13(12)18(20)21)14(19)17-11-5-3-10(15)4-6-11/h2-8,16H,1H3,(H,17,19). The Kier molecular flexibility index (Phi) is 4.73. The molecule has 0 aliphatic heterocycles. The number of carbonyl (C=O) groups excluding carboxylic acids is 1. The van der Waals surface area contributed by atoms with Crippen molar-refractivity contribution in [3.8, 4) is 0 Å². The largest absolute Gasteiger partial charge is 0.383 e. The topological polar surface area (TPSA) is 84.3 Å². The molecule has 0 atom stereocenters. The van der Waals surface area contributed by atoms with E-state index < -0.39 is 4.92 Å². The predicted molar refractivity (Wildman–Crippen MR) is 89.8 cm³/mol. The number of hydrogen-bond donors (Lipinski definition) is 2. The molecule has 0 aliphatic rings. The Morgan fingerprint density at radius 1 is 1.19 bits per heavy atom. The van der Waals surface area contributed by atoms with E-state index in [-0.39, 0.29) is 17.2 Å².